The average molecular weight is 259 g/mol. The molecular formula is C14H29NO3. The highest BCUT2D eigenvalue weighted by Crippen LogP contribution is 2.24. The standard InChI is InChI=1S/C14H29NO3/c1-11(2)7-8-14(6,10-16)9-15-12(17)18-13(3,4)5/h11,16H,7-10H2,1-6H3,(H,15,17). The first-order chi connectivity index (χ1) is 8.08. The molecule has 0 aliphatic rings. The van der Waals surface area contributed by atoms with E-state index in [1.54, 1.807) is 0 Å². The van der Waals surface area contributed by atoms with Crippen LogP contribution in [0.5, 0.6) is 0 Å². The van der Waals surface area contributed by atoms with Gasteiger partial charge in [0, 0.05) is 12.0 Å². The molecule has 2 N–H and O–H groups in total. The zero-order chi connectivity index (χ0) is 14.4. The highest BCUT2D eigenvalue weighted by Gasteiger charge is 2.25. The summed E-state index contributed by atoms with van der Waals surface area (Å²) in [4.78, 5) is 11.5. The molecule has 0 rings (SSSR count). The lowest BCUT2D eigenvalue weighted by Crippen LogP contribution is -2.40. The van der Waals surface area contributed by atoms with Crippen LogP contribution < -0.4 is 5.32 Å². The molecular weight excluding hydrogens is 230 g/mol. The number of ether oxygens (including phenoxy) is 1. The third kappa shape index (κ3) is 8.34. The molecule has 4 nitrogen and oxygen atoms in total. The van der Waals surface area contributed by atoms with Crippen molar-refractivity contribution >= 4 is 6.09 Å². The molecule has 0 fully saturated rings. The van der Waals surface area contributed by atoms with E-state index in [0.29, 0.717) is 12.5 Å². The fourth-order valence-electron chi connectivity index (χ4n) is 1.46. The van der Waals surface area contributed by atoms with Crippen molar-refractivity contribution in [3.63, 3.8) is 0 Å². The number of amides is 1. The minimum atomic E-state index is -0.488. The fraction of sp³-hybridized carbons (Fsp3) is 0.929. The van der Waals surface area contributed by atoms with Crippen molar-refractivity contribution in [3.8, 4) is 0 Å². The first kappa shape index (κ1) is 17.2. The van der Waals surface area contributed by atoms with Crippen molar-refractivity contribution in [3.05, 3.63) is 0 Å². The van der Waals surface area contributed by atoms with Crippen molar-refractivity contribution in [2.24, 2.45) is 11.3 Å². The van der Waals surface area contributed by atoms with Gasteiger partial charge in [-0.2, -0.15) is 0 Å². The summed E-state index contributed by atoms with van der Waals surface area (Å²) < 4.78 is 5.17. The van der Waals surface area contributed by atoms with E-state index in [-0.39, 0.29) is 12.0 Å². The van der Waals surface area contributed by atoms with Crippen molar-refractivity contribution in [1.82, 2.24) is 5.32 Å². The lowest BCUT2D eigenvalue weighted by molar-refractivity contribution is 0.0468. The van der Waals surface area contributed by atoms with Gasteiger partial charge in [-0.15, -0.1) is 0 Å². The fourth-order valence-corrected chi connectivity index (χ4v) is 1.46. The molecule has 0 aromatic heterocycles. The van der Waals surface area contributed by atoms with Gasteiger partial charge in [0.25, 0.3) is 0 Å². The molecule has 0 radical (unpaired) electrons. The molecule has 4 heteroatoms. The van der Waals surface area contributed by atoms with Gasteiger partial charge in [-0.1, -0.05) is 27.2 Å². The van der Waals surface area contributed by atoms with Crippen LogP contribution in [-0.2, 0) is 4.74 Å². The Morgan fingerprint density at radius 2 is 1.83 bits per heavy atom. The molecule has 0 aliphatic carbocycles. The van der Waals surface area contributed by atoms with E-state index < -0.39 is 11.7 Å². The number of rotatable bonds is 6. The average Bonchev–Trinajstić information content (AvgIpc) is 2.21. The van der Waals surface area contributed by atoms with Gasteiger partial charge in [0.05, 0.1) is 6.61 Å². The van der Waals surface area contributed by atoms with E-state index in [9.17, 15) is 9.90 Å². The largest absolute Gasteiger partial charge is 0.444 e. The zero-order valence-electron chi connectivity index (χ0n) is 12.7. The molecule has 0 bridgehead atoms. The van der Waals surface area contributed by atoms with Crippen molar-refractivity contribution in [2.45, 2.75) is 60.0 Å². The maximum Gasteiger partial charge on any atom is 0.407 e. The predicted octanol–water partition coefficient (Wildman–Crippen LogP) is 2.95. The van der Waals surface area contributed by atoms with Crippen molar-refractivity contribution in [1.29, 1.82) is 0 Å². The summed E-state index contributed by atoms with van der Waals surface area (Å²) in [6, 6.07) is 0. The maximum atomic E-state index is 11.5. The van der Waals surface area contributed by atoms with Crippen molar-refractivity contribution in [2.75, 3.05) is 13.2 Å². The third-order valence-corrected chi connectivity index (χ3v) is 2.77. The summed E-state index contributed by atoms with van der Waals surface area (Å²) in [6.07, 6.45) is 1.50. The SMILES string of the molecule is CC(C)CCC(C)(CO)CNC(=O)OC(C)(C)C. The van der Waals surface area contributed by atoms with Gasteiger partial charge in [0.15, 0.2) is 0 Å². The third-order valence-electron chi connectivity index (χ3n) is 2.77. The number of aliphatic hydroxyl groups excluding tert-OH is 1. The number of alkyl carbamates (subject to hydrolysis) is 1. The van der Waals surface area contributed by atoms with Gasteiger partial charge in [-0.05, 0) is 33.1 Å². The summed E-state index contributed by atoms with van der Waals surface area (Å²) >= 11 is 0. The summed E-state index contributed by atoms with van der Waals surface area (Å²) in [5, 5.41) is 12.2. The first-order valence-electron chi connectivity index (χ1n) is 6.66. The van der Waals surface area contributed by atoms with Gasteiger partial charge in [0.2, 0.25) is 0 Å². The van der Waals surface area contributed by atoms with Crippen molar-refractivity contribution < 1.29 is 14.6 Å². The number of carbonyl (C=O) groups is 1. The van der Waals surface area contributed by atoms with Crippen LogP contribution in [0.3, 0.4) is 0 Å². The minimum absolute atomic E-state index is 0.0650. The Kier molecular flexibility index (Phi) is 6.68. The Morgan fingerprint density at radius 1 is 1.28 bits per heavy atom. The number of aliphatic hydroxyl groups is 1. The molecule has 0 aromatic rings. The Hall–Kier alpha value is -0.770. The van der Waals surface area contributed by atoms with Crippen LogP contribution in [-0.4, -0.2) is 30.0 Å². The summed E-state index contributed by atoms with van der Waals surface area (Å²) in [5.74, 6) is 0.595. The maximum absolute atomic E-state index is 11.5. The molecule has 18 heavy (non-hydrogen) atoms. The Bertz CT molecular complexity index is 258. The minimum Gasteiger partial charge on any atom is -0.444 e. The van der Waals surface area contributed by atoms with Crippen LogP contribution in [0.1, 0.15) is 54.4 Å². The number of hydrogen-bond acceptors (Lipinski definition) is 3. The second-order valence-electron chi connectivity index (χ2n) is 6.76. The molecule has 0 aliphatic heterocycles. The molecule has 1 atom stereocenters. The molecule has 1 amide bonds. The van der Waals surface area contributed by atoms with Gasteiger partial charge < -0.3 is 15.2 Å². The van der Waals surface area contributed by atoms with E-state index in [0.717, 1.165) is 12.8 Å². The van der Waals surface area contributed by atoms with E-state index in [1.165, 1.54) is 0 Å². The second-order valence-corrected chi connectivity index (χ2v) is 6.76. The lowest BCUT2D eigenvalue weighted by atomic mass is 9.84. The van der Waals surface area contributed by atoms with Crippen LogP contribution in [0.25, 0.3) is 0 Å². The topological polar surface area (TPSA) is 58.6 Å². The number of hydrogen-bond donors (Lipinski definition) is 2. The molecule has 0 heterocycles. The predicted molar refractivity (Wildman–Crippen MR) is 73.5 cm³/mol. The van der Waals surface area contributed by atoms with E-state index >= 15 is 0 Å². The number of nitrogens with one attached hydrogen (secondary N) is 1. The van der Waals surface area contributed by atoms with Crippen LogP contribution in [0.15, 0.2) is 0 Å². The molecule has 0 saturated carbocycles. The van der Waals surface area contributed by atoms with Crippen LogP contribution >= 0.6 is 0 Å². The van der Waals surface area contributed by atoms with Gasteiger partial charge in [-0.25, -0.2) is 4.79 Å². The van der Waals surface area contributed by atoms with Crippen LogP contribution in [0.2, 0.25) is 0 Å². The summed E-state index contributed by atoms with van der Waals surface area (Å²) in [5.41, 5.74) is -0.765. The van der Waals surface area contributed by atoms with Gasteiger partial charge in [-0.3, -0.25) is 0 Å². The summed E-state index contributed by atoms with van der Waals surface area (Å²) in [6.45, 7) is 12.3. The summed E-state index contributed by atoms with van der Waals surface area (Å²) in [7, 11) is 0. The first-order valence-corrected chi connectivity index (χ1v) is 6.66. The molecule has 108 valence electrons. The zero-order valence-corrected chi connectivity index (χ0v) is 12.7. The highest BCUT2D eigenvalue weighted by molar-refractivity contribution is 5.67. The van der Waals surface area contributed by atoms with E-state index in [2.05, 4.69) is 19.2 Å². The second kappa shape index (κ2) is 6.98. The Morgan fingerprint density at radius 3 is 2.22 bits per heavy atom. The lowest BCUT2D eigenvalue weighted by Gasteiger charge is -2.29. The molecule has 0 aromatic carbocycles. The quantitative estimate of drug-likeness (QED) is 0.771. The van der Waals surface area contributed by atoms with E-state index in [4.69, 9.17) is 4.74 Å². The van der Waals surface area contributed by atoms with Gasteiger partial charge >= 0.3 is 6.09 Å². The Balaban J connectivity index is 4.17. The van der Waals surface area contributed by atoms with Gasteiger partial charge in [0.1, 0.15) is 5.60 Å². The normalized spacial score (nSPS) is 15.3. The highest BCUT2D eigenvalue weighted by atomic mass is 16.6. The monoisotopic (exact) mass is 259 g/mol. The number of carbonyl (C=O) groups excluding carboxylic acids is 1. The molecule has 1 unspecified atom stereocenters. The smallest absolute Gasteiger partial charge is 0.407 e. The Labute approximate surface area is 111 Å². The molecule has 0 saturated heterocycles. The van der Waals surface area contributed by atoms with Crippen LogP contribution in [0, 0.1) is 11.3 Å². The molecule has 0 spiro atoms. The van der Waals surface area contributed by atoms with Crippen LogP contribution in [0.4, 0.5) is 4.79 Å². The van der Waals surface area contributed by atoms with E-state index in [1.807, 2.05) is 27.7 Å².